The van der Waals surface area contributed by atoms with Crippen LogP contribution in [0.3, 0.4) is 0 Å². The lowest BCUT2D eigenvalue weighted by Crippen LogP contribution is -2.19. The highest BCUT2D eigenvalue weighted by Crippen LogP contribution is 2.32. The van der Waals surface area contributed by atoms with E-state index in [9.17, 15) is 14.9 Å². The number of rotatable bonds is 5. The summed E-state index contributed by atoms with van der Waals surface area (Å²) in [7, 11) is 0. The van der Waals surface area contributed by atoms with Gasteiger partial charge < -0.3 is 10.1 Å². The third-order valence-corrected chi connectivity index (χ3v) is 4.63. The molecule has 0 spiro atoms. The van der Waals surface area contributed by atoms with Crippen molar-refractivity contribution in [3.63, 3.8) is 0 Å². The Bertz CT molecular complexity index is 975. The first-order valence-electron chi connectivity index (χ1n) is 7.92. The van der Waals surface area contributed by atoms with Crippen molar-refractivity contribution in [2.45, 2.75) is 6.92 Å². The number of amidine groups is 1. The summed E-state index contributed by atoms with van der Waals surface area (Å²) in [5.74, 6) is 0.304. The lowest BCUT2D eigenvalue weighted by Gasteiger charge is -2.07. The van der Waals surface area contributed by atoms with Gasteiger partial charge >= 0.3 is 0 Å². The van der Waals surface area contributed by atoms with E-state index in [0.29, 0.717) is 38.7 Å². The molecule has 9 heteroatoms. The minimum atomic E-state index is -0.496. The fraction of sp³-hybridized carbons (Fsp3) is 0.111. The molecule has 138 valence electrons. The average Bonchev–Trinajstić information content (AvgIpc) is 2.96. The number of hydrogen-bond acceptors (Lipinski definition) is 6. The van der Waals surface area contributed by atoms with Gasteiger partial charge in [-0.2, -0.15) is 0 Å². The van der Waals surface area contributed by atoms with Gasteiger partial charge in [0.05, 0.1) is 22.1 Å². The van der Waals surface area contributed by atoms with Gasteiger partial charge in [-0.25, -0.2) is 4.99 Å². The Hall–Kier alpha value is -2.84. The zero-order chi connectivity index (χ0) is 19.4. The number of nitro benzene ring substituents is 1. The largest absolute Gasteiger partial charge is 0.493 e. The third-order valence-electron chi connectivity index (χ3n) is 3.48. The van der Waals surface area contributed by atoms with Crippen molar-refractivity contribution in [3.05, 3.63) is 68.1 Å². The average molecular weight is 404 g/mol. The van der Waals surface area contributed by atoms with Gasteiger partial charge in [0.15, 0.2) is 5.17 Å². The fourth-order valence-corrected chi connectivity index (χ4v) is 3.35. The predicted molar refractivity (Wildman–Crippen MR) is 107 cm³/mol. The van der Waals surface area contributed by atoms with Crippen molar-refractivity contribution in [2.75, 3.05) is 6.61 Å². The van der Waals surface area contributed by atoms with Crippen molar-refractivity contribution in [2.24, 2.45) is 4.99 Å². The molecule has 0 radical (unpaired) electrons. The zero-order valence-electron chi connectivity index (χ0n) is 14.1. The highest BCUT2D eigenvalue weighted by molar-refractivity contribution is 8.18. The van der Waals surface area contributed by atoms with E-state index in [-0.39, 0.29) is 11.6 Å². The molecule has 1 aliphatic rings. The van der Waals surface area contributed by atoms with Crippen LogP contribution in [0, 0.1) is 10.1 Å². The summed E-state index contributed by atoms with van der Waals surface area (Å²) in [5, 5.41) is 14.4. The zero-order valence-corrected chi connectivity index (χ0v) is 15.7. The molecule has 0 aromatic heterocycles. The van der Waals surface area contributed by atoms with Gasteiger partial charge in [0.2, 0.25) is 0 Å². The van der Waals surface area contributed by atoms with Crippen LogP contribution in [0.2, 0.25) is 5.02 Å². The van der Waals surface area contributed by atoms with Crippen LogP contribution in [0.15, 0.2) is 52.4 Å². The second-order valence-corrected chi connectivity index (χ2v) is 6.84. The highest BCUT2D eigenvalue weighted by Gasteiger charge is 2.24. The van der Waals surface area contributed by atoms with E-state index < -0.39 is 4.92 Å². The summed E-state index contributed by atoms with van der Waals surface area (Å²) in [6, 6.07) is 11.0. The second-order valence-electron chi connectivity index (χ2n) is 5.37. The van der Waals surface area contributed by atoms with Gasteiger partial charge in [-0.3, -0.25) is 14.9 Å². The SMILES string of the molecule is CCOc1ccc(Cl)cc1/C=C1\SC(=Nc2cccc([N+](=O)[O-])c2)NC1=O. The predicted octanol–water partition coefficient (Wildman–Crippen LogP) is 4.54. The first kappa shape index (κ1) is 18.9. The van der Waals surface area contributed by atoms with E-state index >= 15 is 0 Å². The summed E-state index contributed by atoms with van der Waals surface area (Å²) < 4.78 is 5.56. The lowest BCUT2D eigenvalue weighted by atomic mass is 10.2. The van der Waals surface area contributed by atoms with Gasteiger partial charge in [-0.1, -0.05) is 17.7 Å². The van der Waals surface area contributed by atoms with Gasteiger partial charge in [-0.05, 0) is 49.0 Å². The molecule has 1 aliphatic heterocycles. The molecular weight excluding hydrogens is 390 g/mol. The molecular formula is C18H14ClN3O4S. The minimum absolute atomic E-state index is 0.0674. The number of carbonyl (C=O) groups excluding carboxylic acids is 1. The Labute approximate surface area is 164 Å². The number of halogens is 1. The standard InChI is InChI=1S/C18H14ClN3O4S/c1-2-26-15-7-6-12(19)8-11(15)9-16-17(23)21-18(27-16)20-13-4-3-5-14(10-13)22(24)25/h3-10H,2H2,1H3,(H,20,21,23)/b16-9-. The summed E-state index contributed by atoms with van der Waals surface area (Å²) in [4.78, 5) is 27.3. The molecule has 3 rings (SSSR count). The summed E-state index contributed by atoms with van der Waals surface area (Å²) in [5.41, 5.74) is 0.992. The van der Waals surface area contributed by atoms with E-state index in [1.807, 2.05) is 6.92 Å². The van der Waals surface area contributed by atoms with Crippen LogP contribution < -0.4 is 10.1 Å². The monoisotopic (exact) mass is 403 g/mol. The maximum atomic E-state index is 12.2. The molecule has 1 amide bonds. The van der Waals surface area contributed by atoms with E-state index in [4.69, 9.17) is 16.3 Å². The topological polar surface area (TPSA) is 93.8 Å². The number of thioether (sulfide) groups is 1. The Balaban J connectivity index is 1.88. The molecule has 0 bridgehead atoms. The molecule has 7 nitrogen and oxygen atoms in total. The fourth-order valence-electron chi connectivity index (χ4n) is 2.33. The number of nitrogens with zero attached hydrogens (tertiary/aromatic N) is 2. The molecule has 0 saturated carbocycles. The molecule has 1 heterocycles. The molecule has 0 unspecified atom stereocenters. The molecule has 0 atom stereocenters. The summed E-state index contributed by atoms with van der Waals surface area (Å²) in [6.45, 7) is 2.35. The number of carbonyl (C=O) groups is 1. The van der Waals surface area contributed by atoms with Crippen LogP contribution in [0.5, 0.6) is 5.75 Å². The maximum absolute atomic E-state index is 12.2. The van der Waals surface area contributed by atoms with Gasteiger partial charge in [0.1, 0.15) is 5.75 Å². The number of hydrogen-bond donors (Lipinski definition) is 1. The quantitative estimate of drug-likeness (QED) is 0.449. The number of amides is 1. The minimum Gasteiger partial charge on any atom is -0.493 e. The van der Waals surface area contributed by atoms with Crippen molar-refractivity contribution in [1.82, 2.24) is 5.32 Å². The van der Waals surface area contributed by atoms with Gasteiger partial charge in [0.25, 0.3) is 11.6 Å². The van der Waals surface area contributed by atoms with Crippen LogP contribution in [-0.2, 0) is 4.79 Å². The van der Waals surface area contributed by atoms with Crippen LogP contribution in [0.25, 0.3) is 6.08 Å². The van der Waals surface area contributed by atoms with Gasteiger partial charge in [-0.15, -0.1) is 0 Å². The van der Waals surface area contributed by atoms with Crippen LogP contribution >= 0.6 is 23.4 Å². The molecule has 2 aromatic rings. The van der Waals surface area contributed by atoms with Crippen molar-refractivity contribution >= 4 is 51.9 Å². The molecule has 1 N–H and O–H groups in total. The van der Waals surface area contributed by atoms with Crippen molar-refractivity contribution in [1.29, 1.82) is 0 Å². The number of nitrogens with one attached hydrogen (secondary N) is 1. The van der Waals surface area contributed by atoms with Crippen LogP contribution in [-0.4, -0.2) is 22.6 Å². The van der Waals surface area contributed by atoms with E-state index in [2.05, 4.69) is 10.3 Å². The lowest BCUT2D eigenvalue weighted by molar-refractivity contribution is -0.384. The number of ether oxygens (including phenoxy) is 1. The molecule has 2 aromatic carbocycles. The maximum Gasteiger partial charge on any atom is 0.271 e. The molecule has 27 heavy (non-hydrogen) atoms. The van der Waals surface area contributed by atoms with Crippen LogP contribution in [0.4, 0.5) is 11.4 Å². The Morgan fingerprint density at radius 3 is 2.89 bits per heavy atom. The smallest absolute Gasteiger partial charge is 0.271 e. The number of nitro groups is 1. The van der Waals surface area contributed by atoms with Crippen molar-refractivity contribution in [3.8, 4) is 5.75 Å². The van der Waals surface area contributed by atoms with Crippen LogP contribution in [0.1, 0.15) is 12.5 Å². The Morgan fingerprint density at radius 1 is 1.33 bits per heavy atom. The third kappa shape index (κ3) is 4.66. The first-order chi connectivity index (χ1) is 13.0. The molecule has 1 fully saturated rings. The second kappa shape index (κ2) is 8.24. The summed E-state index contributed by atoms with van der Waals surface area (Å²) in [6.07, 6.45) is 1.67. The highest BCUT2D eigenvalue weighted by atomic mass is 35.5. The normalized spacial score (nSPS) is 16.6. The first-order valence-corrected chi connectivity index (χ1v) is 9.12. The Morgan fingerprint density at radius 2 is 2.15 bits per heavy atom. The Kier molecular flexibility index (Phi) is 5.78. The summed E-state index contributed by atoms with van der Waals surface area (Å²) >= 11 is 7.18. The molecule has 1 saturated heterocycles. The van der Waals surface area contributed by atoms with E-state index in [0.717, 1.165) is 11.8 Å². The van der Waals surface area contributed by atoms with E-state index in [1.165, 1.54) is 18.2 Å². The number of aliphatic imine (C=N–C) groups is 1. The van der Waals surface area contributed by atoms with Crippen molar-refractivity contribution < 1.29 is 14.5 Å². The number of non-ortho nitro benzene ring substituents is 1. The van der Waals surface area contributed by atoms with E-state index in [1.54, 1.807) is 30.3 Å². The number of benzene rings is 2. The van der Waals surface area contributed by atoms with Gasteiger partial charge in [0, 0.05) is 22.7 Å². The molecule has 0 aliphatic carbocycles.